The zero-order chi connectivity index (χ0) is 21.6. The molecule has 0 aliphatic heterocycles. The van der Waals surface area contributed by atoms with Crippen molar-refractivity contribution in [2.75, 3.05) is 11.9 Å². The van der Waals surface area contributed by atoms with Crippen LogP contribution in [0.4, 0.5) is 18.9 Å². The van der Waals surface area contributed by atoms with Gasteiger partial charge in [0.05, 0.1) is 16.8 Å². The number of anilines is 1. The van der Waals surface area contributed by atoms with Gasteiger partial charge in [0.2, 0.25) is 5.91 Å². The van der Waals surface area contributed by atoms with Crippen molar-refractivity contribution in [1.29, 1.82) is 0 Å². The van der Waals surface area contributed by atoms with Gasteiger partial charge >= 0.3 is 6.18 Å². The van der Waals surface area contributed by atoms with E-state index in [0.717, 1.165) is 6.07 Å². The van der Waals surface area contributed by atoms with Crippen molar-refractivity contribution in [2.24, 2.45) is 0 Å². The Morgan fingerprint density at radius 3 is 2.27 bits per heavy atom. The first-order chi connectivity index (χ1) is 14.3. The molecule has 0 aliphatic rings. The molecule has 2 N–H and O–H groups in total. The molecular formula is C22H18F3N3O2. The topological polar surface area (TPSA) is 71.1 Å². The molecule has 0 saturated heterocycles. The van der Waals surface area contributed by atoms with Crippen LogP contribution in [0.3, 0.4) is 0 Å². The van der Waals surface area contributed by atoms with Gasteiger partial charge in [-0.1, -0.05) is 36.4 Å². The molecule has 0 saturated carbocycles. The number of aromatic nitrogens is 1. The van der Waals surface area contributed by atoms with Crippen molar-refractivity contribution in [3.05, 3.63) is 84.1 Å². The third-order valence-electron chi connectivity index (χ3n) is 4.23. The van der Waals surface area contributed by atoms with Crippen molar-refractivity contribution in [1.82, 2.24) is 10.3 Å². The van der Waals surface area contributed by atoms with Crippen LogP contribution in [0.5, 0.6) is 0 Å². The number of alkyl halides is 3. The number of carbonyl (C=O) groups excluding carboxylic acids is 2. The number of rotatable bonds is 6. The summed E-state index contributed by atoms with van der Waals surface area (Å²) in [6, 6.07) is 16.8. The standard InChI is InChI=1S/C22H18F3N3O2/c23-22(24,25)18-9-5-4-8-17(18)19-11-10-15(14-27-19)21(30)26-13-12-20(29)28-16-6-2-1-3-7-16/h1-11,14H,12-13H2,(H,26,30)(H,28,29). The molecule has 30 heavy (non-hydrogen) atoms. The highest BCUT2D eigenvalue weighted by Crippen LogP contribution is 2.36. The largest absolute Gasteiger partial charge is 0.417 e. The van der Waals surface area contributed by atoms with Crippen molar-refractivity contribution < 1.29 is 22.8 Å². The number of hydrogen-bond acceptors (Lipinski definition) is 3. The first-order valence-electron chi connectivity index (χ1n) is 9.10. The Balaban J connectivity index is 1.58. The molecule has 1 aromatic heterocycles. The van der Waals surface area contributed by atoms with Crippen LogP contribution in [-0.2, 0) is 11.0 Å². The summed E-state index contributed by atoms with van der Waals surface area (Å²) in [7, 11) is 0. The molecule has 0 atom stereocenters. The summed E-state index contributed by atoms with van der Waals surface area (Å²) in [5.74, 6) is -0.718. The maximum atomic E-state index is 13.2. The van der Waals surface area contributed by atoms with Gasteiger partial charge in [0.1, 0.15) is 0 Å². The average molecular weight is 413 g/mol. The molecule has 0 fully saturated rings. The van der Waals surface area contributed by atoms with E-state index >= 15 is 0 Å². The first-order valence-corrected chi connectivity index (χ1v) is 9.10. The second-order valence-corrected chi connectivity index (χ2v) is 6.40. The summed E-state index contributed by atoms with van der Waals surface area (Å²) >= 11 is 0. The molecule has 0 spiro atoms. The SMILES string of the molecule is O=C(CCNC(=O)c1ccc(-c2ccccc2C(F)(F)F)nc1)Nc1ccccc1. The molecular weight excluding hydrogens is 395 g/mol. The molecule has 1 heterocycles. The first kappa shape index (κ1) is 21.0. The van der Waals surface area contributed by atoms with Crippen LogP contribution in [0.15, 0.2) is 72.9 Å². The molecule has 0 radical (unpaired) electrons. The van der Waals surface area contributed by atoms with Gasteiger partial charge in [0.15, 0.2) is 0 Å². The number of benzene rings is 2. The van der Waals surface area contributed by atoms with E-state index in [4.69, 9.17) is 0 Å². The van der Waals surface area contributed by atoms with E-state index < -0.39 is 17.6 Å². The third kappa shape index (κ3) is 5.44. The fourth-order valence-corrected chi connectivity index (χ4v) is 2.78. The summed E-state index contributed by atoms with van der Waals surface area (Å²) in [5.41, 5.74) is 0.106. The number of para-hydroxylation sites is 1. The van der Waals surface area contributed by atoms with E-state index in [-0.39, 0.29) is 35.7 Å². The second kappa shape index (κ2) is 9.21. The number of amides is 2. The van der Waals surface area contributed by atoms with E-state index in [0.29, 0.717) is 5.69 Å². The minimum atomic E-state index is -4.51. The predicted octanol–water partition coefficient (Wildman–Crippen LogP) is 4.53. The van der Waals surface area contributed by atoms with Crippen LogP contribution in [0.25, 0.3) is 11.3 Å². The van der Waals surface area contributed by atoms with Gasteiger partial charge in [0.25, 0.3) is 5.91 Å². The van der Waals surface area contributed by atoms with Crippen molar-refractivity contribution >= 4 is 17.5 Å². The van der Waals surface area contributed by atoms with E-state index in [1.807, 2.05) is 6.07 Å². The quantitative estimate of drug-likeness (QED) is 0.624. The Bertz CT molecular complexity index is 1020. The lowest BCUT2D eigenvalue weighted by molar-refractivity contribution is -0.137. The van der Waals surface area contributed by atoms with Crippen LogP contribution >= 0.6 is 0 Å². The average Bonchev–Trinajstić information content (AvgIpc) is 2.74. The van der Waals surface area contributed by atoms with E-state index in [1.54, 1.807) is 24.3 Å². The summed E-state index contributed by atoms with van der Waals surface area (Å²) in [6.45, 7) is 0.107. The lowest BCUT2D eigenvalue weighted by Crippen LogP contribution is -2.27. The Labute approximate surface area is 171 Å². The molecule has 0 unspecified atom stereocenters. The zero-order valence-electron chi connectivity index (χ0n) is 15.7. The van der Waals surface area contributed by atoms with Gasteiger partial charge < -0.3 is 10.6 Å². The van der Waals surface area contributed by atoms with Gasteiger partial charge in [-0.15, -0.1) is 0 Å². The molecule has 3 aromatic rings. The monoisotopic (exact) mass is 413 g/mol. The van der Waals surface area contributed by atoms with E-state index in [1.165, 1.54) is 36.5 Å². The summed E-state index contributed by atoms with van der Waals surface area (Å²) in [6.07, 6.45) is -3.22. The minimum Gasteiger partial charge on any atom is -0.351 e. The zero-order valence-corrected chi connectivity index (χ0v) is 15.7. The van der Waals surface area contributed by atoms with Crippen LogP contribution in [0.1, 0.15) is 22.3 Å². The number of pyridine rings is 1. The van der Waals surface area contributed by atoms with Gasteiger partial charge in [-0.25, -0.2) is 0 Å². The molecule has 8 heteroatoms. The number of nitrogens with one attached hydrogen (secondary N) is 2. The normalized spacial score (nSPS) is 11.0. The van der Waals surface area contributed by atoms with E-state index in [9.17, 15) is 22.8 Å². The van der Waals surface area contributed by atoms with E-state index in [2.05, 4.69) is 15.6 Å². The number of nitrogens with zero attached hydrogens (tertiary/aromatic N) is 1. The van der Waals surface area contributed by atoms with Crippen LogP contribution in [0.2, 0.25) is 0 Å². The lowest BCUT2D eigenvalue weighted by atomic mass is 10.0. The molecule has 2 aromatic carbocycles. The van der Waals surface area contributed by atoms with Crippen LogP contribution < -0.4 is 10.6 Å². The summed E-state index contributed by atoms with van der Waals surface area (Å²) < 4.78 is 39.5. The van der Waals surface area contributed by atoms with Gasteiger partial charge in [-0.05, 0) is 30.3 Å². The van der Waals surface area contributed by atoms with Gasteiger partial charge in [-0.2, -0.15) is 13.2 Å². The fraction of sp³-hybridized carbons (Fsp3) is 0.136. The summed E-state index contributed by atoms with van der Waals surface area (Å²) in [5, 5.41) is 5.29. The Morgan fingerprint density at radius 1 is 0.900 bits per heavy atom. The molecule has 154 valence electrons. The van der Waals surface area contributed by atoms with Crippen molar-refractivity contribution in [2.45, 2.75) is 12.6 Å². The van der Waals surface area contributed by atoms with Crippen molar-refractivity contribution in [3.8, 4) is 11.3 Å². The second-order valence-electron chi connectivity index (χ2n) is 6.40. The maximum absolute atomic E-state index is 13.2. The molecule has 0 aliphatic carbocycles. The molecule has 0 bridgehead atoms. The number of carbonyl (C=O) groups is 2. The summed E-state index contributed by atoms with van der Waals surface area (Å²) in [4.78, 5) is 28.1. The van der Waals surface area contributed by atoms with Gasteiger partial charge in [-0.3, -0.25) is 14.6 Å². The fourth-order valence-electron chi connectivity index (χ4n) is 2.78. The van der Waals surface area contributed by atoms with Gasteiger partial charge in [0, 0.05) is 30.4 Å². The highest BCUT2D eigenvalue weighted by molar-refractivity contribution is 5.95. The number of hydrogen-bond donors (Lipinski definition) is 2. The molecule has 5 nitrogen and oxygen atoms in total. The highest BCUT2D eigenvalue weighted by atomic mass is 19.4. The maximum Gasteiger partial charge on any atom is 0.417 e. The Hall–Kier alpha value is -3.68. The molecule has 2 amide bonds. The third-order valence-corrected chi connectivity index (χ3v) is 4.23. The van der Waals surface area contributed by atoms with Crippen LogP contribution in [0, 0.1) is 0 Å². The van der Waals surface area contributed by atoms with Crippen LogP contribution in [-0.4, -0.2) is 23.3 Å². The Morgan fingerprint density at radius 2 is 1.60 bits per heavy atom. The highest BCUT2D eigenvalue weighted by Gasteiger charge is 2.33. The Kier molecular flexibility index (Phi) is 6.46. The lowest BCUT2D eigenvalue weighted by Gasteiger charge is -2.12. The minimum absolute atomic E-state index is 0.0606. The smallest absolute Gasteiger partial charge is 0.351 e. The van der Waals surface area contributed by atoms with Crippen molar-refractivity contribution in [3.63, 3.8) is 0 Å². The predicted molar refractivity (Wildman–Crippen MR) is 107 cm³/mol. The number of halogens is 3. The molecule has 3 rings (SSSR count).